The number of hydrogen-bond acceptors (Lipinski definition) is 3. The second-order valence-corrected chi connectivity index (χ2v) is 7.55. The molecule has 0 spiro atoms. The normalized spacial score (nSPS) is 20.9. The summed E-state index contributed by atoms with van der Waals surface area (Å²) in [6.07, 6.45) is 2.29. The predicted octanol–water partition coefficient (Wildman–Crippen LogP) is 2.43. The van der Waals surface area contributed by atoms with Gasteiger partial charge in [-0.15, -0.1) is 0 Å². The Morgan fingerprint density at radius 3 is 2.48 bits per heavy atom. The molecule has 3 rings (SSSR count). The van der Waals surface area contributed by atoms with E-state index in [4.69, 9.17) is 27.9 Å². The van der Waals surface area contributed by atoms with Crippen molar-refractivity contribution in [1.82, 2.24) is 15.1 Å². The standard InChI is InChI=1S/C19H26Cl2N4O2/c1-22-19(23-8-7-14-15(20)4-2-5-16(14)21)25-11-9-24(10-12-25)18(26)17-6-3-13-27-17/h2,4-5,17H,3,6-13H2,1H3,(H,22,23). The Morgan fingerprint density at radius 1 is 1.22 bits per heavy atom. The Bertz CT molecular complexity index is 664. The molecule has 0 radical (unpaired) electrons. The van der Waals surface area contributed by atoms with Gasteiger partial charge in [0.2, 0.25) is 0 Å². The summed E-state index contributed by atoms with van der Waals surface area (Å²) in [5, 5.41) is 4.73. The summed E-state index contributed by atoms with van der Waals surface area (Å²) in [6, 6.07) is 5.54. The molecule has 2 fully saturated rings. The highest BCUT2D eigenvalue weighted by molar-refractivity contribution is 6.36. The van der Waals surface area contributed by atoms with E-state index < -0.39 is 0 Å². The van der Waals surface area contributed by atoms with Crippen LogP contribution in [-0.2, 0) is 16.0 Å². The number of amides is 1. The van der Waals surface area contributed by atoms with E-state index in [-0.39, 0.29) is 12.0 Å². The number of aliphatic imine (C=N–C) groups is 1. The molecular formula is C19H26Cl2N4O2. The maximum atomic E-state index is 12.5. The van der Waals surface area contributed by atoms with E-state index in [2.05, 4.69) is 15.2 Å². The number of hydrogen-bond donors (Lipinski definition) is 1. The van der Waals surface area contributed by atoms with Gasteiger partial charge in [0.25, 0.3) is 5.91 Å². The molecule has 2 heterocycles. The Kier molecular flexibility index (Phi) is 7.21. The molecule has 1 atom stereocenters. The number of nitrogens with one attached hydrogen (secondary N) is 1. The summed E-state index contributed by atoms with van der Waals surface area (Å²) in [4.78, 5) is 20.9. The van der Waals surface area contributed by atoms with Crippen LogP contribution in [0.2, 0.25) is 10.0 Å². The maximum Gasteiger partial charge on any atom is 0.251 e. The van der Waals surface area contributed by atoms with Crippen molar-refractivity contribution in [3.05, 3.63) is 33.8 Å². The average Bonchev–Trinajstić information content (AvgIpc) is 3.22. The van der Waals surface area contributed by atoms with Crippen molar-refractivity contribution in [3.8, 4) is 0 Å². The molecule has 0 bridgehead atoms. The molecular weight excluding hydrogens is 387 g/mol. The monoisotopic (exact) mass is 412 g/mol. The van der Waals surface area contributed by atoms with Crippen LogP contribution in [0, 0.1) is 0 Å². The van der Waals surface area contributed by atoms with Gasteiger partial charge in [-0.2, -0.15) is 0 Å². The van der Waals surface area contributed by atoms with Gasteiger partial charge in [-0.05, 0) is 37.0 Å². The fourth-order valence-electron chi connectivity index (χ4n) is 3.52. The number of rotatable bonds is 4. The lowest BCUT2D eigenvalue weighted by molar-refractivity contribution is -0.142. The Hall–Kier alpha value is -1.50. The molecule has 2 saturated heterocycles. The number of ether oxygens (including phenoxy) is 1. The van der Waals surface area contributed by atoms with Crippen LogP contribution in [0.1, 0.15) is 18.4 Å². The Balaban J connectivity index is 1.47. The van der Waals surface area contributed by atoms with E-state index in [0.717, 1.165) is 43.9 Å². The van der Waals surface area contributed by atoms with Crippen LogP contribution < -0.4 is 5.32 Å². The number of benzene rings is 1. The first-order valence-corrected chi connectivity index (χ1v) is 10.1. The zero-order valence-electron chi connectivity index (χ0n) is 15.6. The van der Waals surface area contributed by atoms with Crippen LogP contribution in [0.3, 0.4) is 0 Å². The first-order chi connectivity index (χ1) is 13.1. The third-order valence-electron chi connectivity index (χ3n) is 5.03. The SMILES string of the molecule is CN=C(NCCc1c(Cl)cccc1Cl)N1CCN(C(=O)C2CCCO2)CC1. The van der Waals surface area contributed by atoms with Crippen molar-refractivity contribution in [1.29, 1.82) is 0 Å². The van der Waals surface area contributed by atoms with Gasteiger partial charge in [-0.1, -0.05) is 29.3 Å². The second kappa shape index (κ2) is 9.62. The van der Waals surface area contributed by atoms with E-state index in [1.54, 1.807) is 7.05 Å². The first kappa shape index (κ1) is 20.2. The van der Waals surface area contributed by atoms with Crippen LogP contribution in [0.25, 0.3) is 0 Å². The molecule has 0 saturated carbocycles. The smallest absolute Gasteiger partial charge is 0.251 e. The fraction of sp³-hybridized carbons (Fsp3) is 0.579. The highest BCUT2D eigenvalue weighted by atomic mass is 35.5. The van der Waals surface area contributed by atoms with Gasteiger partial charge in [0.1, 0.15) is 6.10 Å². The predicted molar refractivity (Wildman–Crippen MR) is 109 cm³/mol. The Labute approximate surface area is 170 Å². The van der Waals surface area contributed by atoms with Crippen molar-refractivity contribution < 1.29 is 9.53 Å². The van der Waals surface area contributed by atoms with Gasteiger partial charge in [0.15, 0.2) is 5.96 Å². The maximum absolute atomic E-state index is 12.5. The summed E-state index contributed by atoms with van der Waals surface area (Å²) in [5.74, 6) is 0.964. The van der Waals surface area contributed by atoms with Crippen LogP contribution in [0.4, 0.5) is 0 Å². The zero-order valence-corrected chi connectivity index (χ0v) is 17.1. The van der Waals surface area contributed by atoms with Crippen LogP contribution >= 0.6 is 23.2 Å². The number of nitrogens with zero attached hydrogens (tertiary/aromatic N) is 3. The minimum Gasteiger partial charge on any atom is -0.368 e. The largest absolute Gasteiger partial charge is 0.368 e. The van der Waals surface area contributed by atoms with Crippen LogP contribution in [-0.4, -0.2) is 74.1 Å². The molecule has 1 aromatic rings. The molecule has 27 heavy (non-hydrogen) atoms. The van der Waals surface area contributed by atoms with Gasteiger partial charge in [-0.25, -0.2) is 0 Å². The van der Waals surface area contributed by atoms with Gasteiger partial charge >= 0.3 is 0 Å². The molecule has 2 aliphatic heterocycles. The second-order valence-electron chi connectivity index (χ2n) is 6.74. The molecule has 2 aliphatic rings. The first-order valence-electron chi connectivity index (χ1n) is 9.39. The molecule has 148 valence electrons. The van der Waals surface area contributed by atoms with E-state index in [0.29, 0.717) is 36.3 Å². The summed E-state index contributed by atoms with van der Waals surface area (Å²) in [7, 11) is 1.77. The molecule has 1 N–H and O–H groups in total. The van der Waals surface area contributed by atoms with E-state index >= 15 is 0 Å². The highest BCUT2D eigenvalue weighted by Crippen LogP contribution is 2.24. The van der Waals surface area contributed by atoms with Gasteiger partial charge in [0, 0.05) is 56.4 Å². The van der Waals surface area contributed by atoms with Crippen molar-refractivity contribution >= 4 is 35.1 Å². The minimum atomic E-state index is -0.241. The number of carbonyl (C=O) groups excluding carboxylic acids is 1. The van der Waals surface area contributed by atoms with Crippen LogP contribution in [0.5, 0.6) is 0 Å². The van der Waals surface area contributed by atoms with Crippen molar-refractivity contribution in [2.45, 2.75) is 25.4 Å². The highest BCUT2D eigenvalue weighted by Gasteiger charge is 2.30. The van der Waals surface area contributed by atoms with E-state index in [1.165, 1.54) is 0 Å². The molecule has 1 aromatic carbocycles. The molecule has 6 nitrogen and oxygen atoms in total. The van der Waals surface area contributed by atoms with Crippen molar-refractivity contribution in [2.24, 2.45) is 4.99 Å². The lowest BCUT2D eigenvalue weighted by atomic mass is 10.1. The van der Waals surface area contributed by atoms with Crippen molar-refractivity contribution in [3.63, 3.8) is 0 Å². The molecule has 1 unspecified atom stereocenters. The summed E-state index contributed by atoms with van der Waals surface area (Å²) in [6.45, 7) is 4.27. The van der Waals surface area contributed by atoms with Gasteiger partial charge in [-0.3, -0.25) is 9.79 Å². The number of guanidine groups is 1. The number of piperazine rings is 1. The zero-order chi connectivity index (χ0) is 19.2. The van der Waals surface area contributed by atoms with E-state index in [9.17, 15) is 4.79 Å². The minimum absolute atomic E-state index is 0.128. The van der Waals surface area contributed by atoms with Gasteiger partial charge in [0.05, 0.1) is 0 Å². The number of halogens is 2. The molecule has 1 amide bonds. The fourth-order valence-corrected chi connectivity index (χ4v) is 4.10. The lowest BCUT2D eigenvalue weighted by Gasteiger charge is -2.37. The molecule has 0 aromatic heterocycles. The third-order valence-corrected chi connectivity index (χ3v) is 5.74. The summed E-state index contributed by atoms with van der Waals surface area (Å²) >= 11 is 12.5. The van der Waals surface area contributed by atoms with Crippen LogP contribution in [0.15, 0.2) is 23.2 Å². The topological polar surface area (TPSA) is 57.2 Å². The Morgan fingerprint density at radius 2 is 1.89 bits per heavy atom. The van der Waals surface area contributed by atoms with Gasteiger partial charge < -0.3 is 19.9 Å². The summed E-state index contributed by atoms with van der Waals surface area (Å²) in [5.41, 5.74) is 0.941. The quantitative estimate of drug-likeness (QED) is 0.609. The van der Waals surface area contributed by atoms with Crippen molar-refractivity contribution in [2.75, 3.05) is 46.4 Å². The molecule has 8 heteroatoms. The lowest BCUT2D eigenvalue weighted by Crippen LogP contribution is -2.55. The van der Waals surface area contributed by atoms with E-state index in [1.807, 2.05) is 23.1 Å². The summed E-state index contributed by atoms with van der Waals surface area (Å²) < 4.78 is 5.52. The molecule has 0 aliphatic carbocycles. The average molecular weight is 413 g/mol. The number of carbonyl (C=O) groups is 1. The third kappa shape index (κ3) is 5.06.